The highest BCUT2D eigenvalue weighted by molar-refractivity contribution is 5.89. The van der Waals surface area contributed by atoms with Crippen molar-refractivity contribution in [1.29, 1.82) is 0 Å². The van der Waals surface area contributed by atoms with Crippen molar-refractivity contribution in [3.63, 3.8) is 0 Å². The molecule has 0 spiro atoms. The summed E-state index contributed by atoms with van der Waals surface area (Å²) in [5.41, 5.74) is 0.833. The van der Waals surface area contributed by atoms with Crippen molar-refractivity contribution in [3.05, 3.63) is 23.4 Å². The molecule has 0 radical (unpaired) electrons. The molecule has 2 heterocycles. The first-order valence-electron chi connectivity index (χ1n) is 5.68. The summed E-state index contributed by atoms with van der Waals surface area (Å²) in [7, 11) is 1.76. The zero-order valence-electron chi connectivity index (χ0n) is 10.4. The maximum absolute atomic E-state index is 11.6. The summed E-state index contributed by atoms with van der Waals surface area (Å²) in [6.07, 6.45) is 0. The molecule has 0 saturated carbocycles. The Labute approximate surface area is 105 Å². The number of carboxylic acid groups (broad SMARTS) is 1. The SMILES string of the molecule is Cc1cc(C(=O)O)cc(N2CCN(C)C(=O)C2)n1. The van der Waals surface area contributed by atoms with Crippen LogP contribution in [0.1, 0.15) is 16.1 Å². The minimum atomic E-state index is -0.984. The fourth-order valence-electron chi connectivity index (χ4n) is 1.89. The number of pyridine rings is 1. The van der Waals surface area contributed by atoms with Gasteiger partial charge < -0.3 is 14.9 Å². The summed E-state index contributed by atoms with van der Waals surface area (Å²) in [6.45, 7) is 3.27. The molecule has 96 valence electrons. The van der Waals surface area contributed by atoms with Crippen LogP contribution in [0, 0.1) is 6.92 Å². The Kier molecular flexibility index (Phi) is 3.18. The molecule has 2 rings (SSSR count). The van der Waals surface area contributed by atoms with Crippen LogP contribution in [-0.4, -0.2) is 53.5 Å². The molecular formula is C12H15N3O3. The Morgan fingerprint density at radius 3 is 2.72 bits per heavy atom. The number of carbonyl (C=O) groups excluding carboxylic acids is 1. The van der Waals surface area contributed by atoms with Crippen LogP contribution in [-0.2, 0) is 4.79 Å². The topological polar surface area (TPSA) is 73.7 Å². The quantitative estimate of drug-likeness (QED) is 0.819. The maximum atomic E-state index is 11.6. The van der Waals surface area contributed by atoms with Gasteiger partial charge in [-0.2, -0.15) is 0 Å². The Morgan fingerprint density at radius 1 is 1.39 bits per heavy atom. The molecule has 0 aliphatic carbocycles. The zero-order valence-corrected chi connectivity index (χ0v) is 10.4. The van der Waals surface area contributed by atoms with Gasteiger partial charge in [0, 0.05) is 25.8 Å². The van der Waals surface area contributed by atoms with Crippen molar-refractivity contribution in [3.8, 4) is 0 Å². The van der Waals surface area contributed by atoms with Crippen molar-refractivity contribution >= 4 is 17.7 Å². The van der Waals surface area contributed by atoms with E-state index in [-0.39, 0.29) is 18.0 Å². The largest absolute Gasteiger partial charge is 0.478 e. The van der Waals surface area contributed by atoms with E-state index in [1.807, 2.05) is 4.90 Å². The molecule has 0 bridgehead atoms. The lowest BCUT2D eigenvalue weighted by Gasteiger charge is -2.32. The van der Waals surface area contributed by atoms with Crippen molar-refractivity contribution in [2.24, 2.45) is 0 Å². The molecule has 1 amide bonds. The van der Waals surface area contributed by atoms with Gasteiger partial charge in [0.1, 0.15) is 5.82 Å². The van der Waals surface area contributed by atoms with Crippen LogP contribution >= 0.6 is 0 Å². The van der Waals surface area contributed by atoms with Crippen LogP contribution in [0.2, 0.25) is 0 Å². The summed E-state index contributed by atoms with van der Waals surface area (Å²) in [5, 5.41) is 9.00. The third-order valence-corrected chi connectivity index (χ3v) is 2.97. The zero-order chi connectivity index (χ0) is 13.3. The number of amides is 1. The smallest absolute Gasteiger partial charge is 0.335 e. The first-order chi connectivity index (χ1) is 8.47. The molecule has 18 heavy (non-hydrogen) atoms. The second-order valence-corrected chi connectivity index (χ2v) is 4.40. The molecule has 0 atom stereocenters. The van der Waals surface area contributed by atoms with E-state index >= 15 is 0 Å². The molecule has 1 aliphatic rings. The van der Waals surface area contributed by atoms with E-state index in [9.17, 15) is 9.59 Å². The average Bonchev–Trinajstić information content (AvgIpc) is 2.31. The van der Waals surface area contributed by atoms with Crippen LogP contribution in [0.5, 0.6) is 0 Å². The lowest BCUT2D eigenvalue weighted by Crippen LogP contribution is -2.48. The van der Waals surface area contributed by atoms with Crippen LogP contribution in [0.3, 0.4) is 0 Å². The van der Waals surface area contributed by atoms with Crippen molar-refractivity contribution < 1.29 is 14.7 Å². The summed E-state index contributed by atoms with van der Waals surface area (Å²) >= 11 is 0. The highest BCUT2D eigenvalue weighted by atomic mass is 16.4. The monoisotopic (exact) mass is 249 g/mol. The average molecular weight is 249 g/mol. The van der Waals surface area contributed by atoms with Crippen LogP contribution < -0.4 is 4.90 Å². The molecule has 1 aromatic heterocycles. The number of anilines is 1. The second-order valence-electron chi connectivity index (χ2n) is 4.40. The van der Waals surface area contributed by atoms with Crippen LogP contribution in [0.15, 0.2) is 12.1 Å². The molecule has 0 unspecified atom stereocenters. The third kappa shape index (κ3) is 2.42. The van der Waals surface area contributed by atoms with Gasteiger partial charge in [-0.3, -0.25) is 4.79 Å². The molecule has 1 N–H and O–H groups in total. The van der Waals surface area contributed by atoms with E-state index < -0.39 is 5.97 Å². The van der Waals surface area contributed by atoms with Gasteiger partial charge >= 0.3 is 5.97 Å². The number of aromatic carboxylic acids is 1. The predicted octanol–water partition coefficient (Wildman–Crippen LogP) is 0.367. The first kappa shape index (κ1) is 12.3. The number of aryl methyl sites for hydroxylation is 1. The minimum Gasteiger partial charge on any atom is -0.478 e. The number of rotatable bonds is 2. The maximum Gasteiger partial charge on any atom is 0.335 e. The summed E-state index contributed by atoms with van der Waals surface area (Å²) in [4.78, 5) is 30.4. The lowest BCUT2D eigenvalue weighted by atomic mass is 10.2. The fourth-order valence-corrected chi connectivity index (χ4v) is 1.89. The molecule has 1 saturated heterocycles. The van der Waals surface area contributed by atoms with Gasteiger partial charge in [-0.05, 0) is 19.1 Å². The van der Waals surface area contributed by atoms with Gasteiger partial charge in [0.2, 0.25) is 5.91 Å². The Balaban J connectivity index is 2.28. The van der Waals surface area contributed by atoms with Crippen LogP contribution in [0.25, 0.3) is 0 Å². The highest BCUT2D eigenvalue weighted by Gasteiger charge is 2.22. The van der Waals surface area contributed by atoms with E-state index in [1.165, 1.54) is 12.1 Å². The number of hydrogen-bond acceptors (Lipinski definition) is 4. The van der Waals surface area contributed by atoms with E-state index in [1.54, 1.807) is 18.9 Å². The number of carboxylic acids is 1. The number of likely N-dealkylation sites (N-methyl/N-ethyl adjacent to an activating group) is 1. The molecule has 1 aliphatic heterocycles. The van der Waals surface area contributed by atoms with Crippen molar-refractivity contribution in [2.45, 2.75) is 6.92 Å². The minimum absolute atomic E-state index is 0.0152. The number of piperazine rings is 1. The van der Waals surface area contributed by atoms with E-state index in [4.69, 9.17) is 5.11 Å². The first-order valence-corrected chi connectivity index (χ1v) is 5.68. The predicted molar refractivity (Wildman–Crippen MR) is 65.8 cm³/mol. The Bertz CT molecular complexity index is 501. The summed E-state index contributed by atoms with van der Waals surface area (Å²) in [6, 6.07) is 3.03. The standard InChI is InChI=1S/C12H15N3O3/c1-8-5-9(12(17)18)6-10(13-8)15-4-3-14(2)11(16)7-15/h5-6H,3-4,7H2,1-2H3,(H,17,18). The molecular weight excluding hydrogens is 234 g/mol. The molecule has 6 heteroatoms. The van der Waals surface area contributed by atoms with E-state index in [0.717, 1.165) is 0 Å². The van der Waals surface area contributed by atoms with Gasteiger partial charge in [-0.25, -0.2) is 9.78 Å². The normalized spacial score (nSPS) is 16.0. The summed E-state index contributed by atoms with van der Waals surface area (Å²) in [5.74, 6) is -0.419. The third-order valence-electron chi connectivity index (χ3n) is 2.97. The summed E-state index contributed by atoms with van der Waals surface area (Å²) < 4.78 is 0. The number of carbonyl (C=O) groups is 2. The van der Waals surface area contributed by atoms with E-state index in [0.29, 0.717) is 24.6 Å². The van der Waals surface area contributed by atoms with Crippen molar-refractivity contribution in [1.82, 2.24) is 9.88 Å². The van der Waals surface area contributed by atoms with Gasteiger partial charge in [0.05, 0.1) is 12.1 Å². The van der Waals surface area contributed by atoms with Gasteiger partial charge in [0.25, 0.3) is 0 Å². The van der Waals surface area contributed by atoms with Gasteiger partial charge in [0.15, 0.2) is 0 Å². The van der Waals surface area contributed by atoms with Gasteiger partial charge in [-0.1, -0.05) is 0 Å². The Hall–Kier alpha value is -2.11. The lowest BCUT2D eigenvalue weighted by molar-refractivity contribution is -0.129. The van der Waals surface area contributed by atoms with Crippen LogP contribution in [0.4, 0.5) is 5.82 Å². The molecule has 0 aromatic carbocycles. The second kappa shape index (κ2) is 4.64. The number of nitrogens with zero attached hydrogens (tertiary/aromatic N) is 3. The highest BCUT2D eigenvalue weighted by Crippen LogP contribution is 2.17. The molecule has 1 aromatic rings. The number of aromatic nitrogens is 1. The fraction of sp³-hybridized carbons (Fsp3) is 0.417. The van der Waals surface area contributed by atoms with Gasteiger partial charge in [-0.15, -0.1) is 0 Å². The number of hydrogen-bond donors (Lipinski definition) is 1. The Morgan fingerprint density at radius 2 is 2.11 bits per heavy atom. The van der Waals surface area contributed by atoms with Crippen molar-refractivity contribution in [2.75, 3.05) is 31.6 Å². The molecule has 1 fully saturated rings. The molecule has 6 nitrogen and oxygen atoms in total. The van der Waals surface area contributed by atoms with E-state index in [2.05, 4.69) is 4.98 Å².